The molecule has 2 aromatic carbocycles. The average molecular weight is 617 g/mol. The second kappa shape index (κ2) is 12.2. The first kappa shape index (κ1) is 30.8. The summed E-state index contributed by atoms with van der Waals surface area (Å²) in [6.45, 7) is 1.47. The van der Waals surface area contributed by atoms with Crippen LogP contribution in [0.1, 0.15) is 45.4 Å². The highest BCUT2D eigenvalue weighted by Gasteiger charge is 2.32. The van der Waals surface area contributed by atoms with Crippen LogP contribution in [0.4, 0.5) is 17.6 Å². The van der Waals surface area contributed by atoms with E-state index in [1.165, 1.54) is 81.1 Å². The first-order valence-corrected chi connectivity index (χ1v) is 13.5. The van der Waals surface area contributed by atoms with Crippen molar-refractivity contribution >= 4 is 22.9 Å². The van der Waals surface area contributed by atoms with Crippen molar-refractivity contribution in [1.82, 2.24) is 25.6 Å². The molecule has 2 amide bonds. The van der Waals surface area contributed by atoms with E-state index >= 15 is 0 Å². The van der Waals surface area contributed by atoms with Gasteiger partial charge in [0.15, 0.2) is 5.54 Å². The molecule has 0 aliphatic rings. The SMILES string of the molecule is CNC(=O)c1c(-c2ccc(F)cc2)oc2nc(CCC(F)(F)F)c(-c3cccc(C(=O)NC(C)(C#N)c4ccncn4)c3)cc12. The Morgan fingerprint density at radius 2 is 1.78 bits per heavy atom. The summed E-state index contributed by atoms with van der Waals surface area (Å²) in [4.78, 5) is 38.7. The van der Waals surface area contributed by atoms with E-state index in [2.05, 4.69) is 25.6 Å². The van der Waals surface area contributed by atoms with Crippen molar-refractivity contribution in [2.75, 3.05) is 7.05 Å². The van der Waals surface area contributed by atoms with Gasteiger partial charge in [-0.3, -0.25) is 9.59 Å². The zero-order valence-electron chi connectivity index (χ0n) is 23.9. The number of benzene rings is 2. The highest BCUT2D eigenvalue weighted by atomic mass is 19.4. The van der Waals surface area contributed by atoms with Crippen molar-refractivity contribution in [1.29, 1.82) is 5.26 Å². The van der Waals surface area contributed by atoms with Crippen LogP contribution in [-0.4, -0.2) is 40.0 Å². The minimum atomic E-state index is -4.49. The lowest BCUT2D eigenvalue weighted by Crippen LogP contribution is -2.43. The molecular weight excluding hydrogens is 592 g/mol. The first-order chi connectivity index (χ1) is 21.4. The average Bonchev–Trinajstić information content (AvgIpc) is 3.41. The molecular formula is C32H24F4N6O3. The molecule has 13 heteroatoms. The van der Waals surface area contributed by atoms with Crippen LogP contribution in [0, 0.1) is 17.1 Å². The van der Waals surface area contributed by atoms with Gasteiger partial charge in [-0.25, -0.2) is 19.3 Å². The van der Waals surface area contributed by atoms with Gasteiger partial charge in [-0.15, -0.1) is 0 Å². The van der Waals surface area contributed by atoms with Crippen LogP contribution >= 0.6 is 0 Å². The Morgan fingerprint density at radius 1 is 1.02 bits per heavy atom. The molecule has 0 radical (unpaired) electrons. The highest BCUT2D eigenvalue weighted by molar-refractivity contribution is 6.11. The Labute approximate surface area is 253 Å². The van der Waals surface area contributed by atoms with Gasteiger partial charge in [0, 0.05) is 36.4 Å². The Bertz CT molecular complexity index is 1940. The summed E-state index contributed by atoms with van der Waals surface area (Å²) in [5, 5.41) is 15.2. The maximum Gasteiger partial charge on any atom is 0.389 e. The van der Waals surface area contributed by atoms with Gasteiger partial charge in [0.2, 0.25) is 5.71 Å². The summed E-state index contributed by atoms with van der Waals surface area (Å²) in [7, 11) is 1.40. The summed E-state index contributed by atoms with van der Waals surface area (Å²) in [5.74, 6) is -1.65. The number of hydrogen-bond donors (Lipinski definition) is 2. The number of carbonyl (C=O) groups is 2. The Hall–Kier alpha value is -5.64. The van der Waals surface area contributed by atoms with Crippen LogP contribution in [0.25, 0.3) is 33.6 Å². The third kappa shape index (κ3) is 6.50. The fourth-order valence-corrected chi connectivity index (χ4v) is 4.78. The number of fused-ring (bicyclic) bond motifs is 1. The normalized spacial score (nSPS) is 12.7. The molecule has 5 rings (SSSR count). The maximum atomic E-state index is 13.6. The fraction of sp³-hybridized carbons (Fsp3) is 0.188. The number of nitrogens with zero attached hydrogens (tertiary/aromatic N) is 4. The van der Waals surface area contributed by atoms with Gasteiger partial charge >= 0.3 is 6.18 Å². The van der Waals surface area contributed by atoms with Gasteiger partial charge in [0.05, 0.1) is 28.4 Å². The van der Waals surface area contributed by atoms with Crippen molar-refractivity contribution in [2.24, 2.45) is 0 Å². The fourth-order valence-electron chi connectivity index (χ4n) is 4.78. The van der Waals surface area contributed by atoms with E-state index < -0.39 is 42.2 Å². The van der Waals surface area contributed by atoms with Gasteiger partial charge < -0.3 is 15.1 Å². The number of alkyl halides is 3. The molecule has 2 N–H and O–H groups in total. The largest absolute Gasteiger partial charge is 0.437 e. The third-order valence-corrected chi connectivity index (χ3v) is 7.08. The molecule has 1 unspecified atom stereocenters. The maximum absolute atomic E-state index is 13.6. The predicted octanol–water partition coefficient (Wildman–Crippen LogP) is 6.11. The molecule has 5 aromatic rings. The van der Waals surface area contributed by atoms with Crippen LogP contribution in [0.3, 0.4) is 0 Å². The Kier molecular flexibility index (Phi) is 8.32. The Balaban J connectivity index is 1.64. The molecule has 228 valence electrons. The second-order valence-electron chi connectivity index (χ2n) is 10.2. The van der Waals surface area contributed by atoms with Gasteiger partial charge in [-0.2, -0.15) is 18.4 Å². The summed E-state index contributed by atoms with van der Waals surface area (Å²) in [5.41, 5.74) is -0.236. The van der Waals surface area contributed by atoms with Crippen molar-refractivity contribution in [3.8, 4) is 28.5 Å². The standard InChI is InChI=1S/C32H24F4N6O3/c1-31(16-37,25-11-13-39-17-40-25)42-28(43)20-5-3-4-19(14-20)22-15-23-26(29(44)38-2)27(18-6-8-21(33)9-7-18)45-30(23)41-24(22)10-12-32(34,35)36/h3-9,11,13-15,17H,10,12H2,1-2H3,(H,38,44)(H,42,43). The minimum Gasteiger partial charge on any atom is -0.437 e. The summed E-state index contributed by atoms with van der Waals surface area (Å²) >= 11 is 0. The number of carbonyl (C=O) groups excluding carboxylic acids is 2. The van der Waals surface area contributed by atoms with E-state index in [1.54, 1.807) is 6.07 Å². The number of aromatic nitrogens is 3. The Morgan fingerprint density at radius 3 is 2.42 bits per heavy atom. The monoisotopic (exact) mass is 616 g/mol. The highest BCUT2D eigenvalue weighted by Crippen LogP contribution is 2.37. The lowest BCUT2D eigenvalue weighted by Gasteiger charge is -2.22. The molecule has 1 atom stereocenters. The quantitative estimate of drug-likeness (QED) is 0.201. The van der Waals surface area contributed by atoms with Gasteiger partial charge in [-0.1, -0.05) is 12.1 Å². The molecule has 3 heterocycles. The van der Waals surface area contributed by atoms with Crippen LogP contribution < -0.4 is 10.6 Å². The van der Waals surface area contributed by atoms with E-state index in [-0.39, 0.29) is 44.9 Å². The van der Waals surface area contributed by atoms with E-state index in [4.69, 9.17) is 4.42 Å². The van der Waals surface area contributed by atoms with E-state index in [1.807, 2.05) is 6.07 Å². The third-order valence-electron chi connectivity index (χ3n) is 7.08. The number of hydrogen-bond acceptors (Lipinski definition) is 7. The number of nitriles is 1. The zero-order valence-corrected chi connectivity index (χ0v) is 23.9. The number of halogens is 4. The van der Waals surface area contributed by atoms with Gasteiger partial charge in [-0.05, 0) is 67.4 Å². The number of rotatable bonds is 8. The van der Waals surface area contributed by atoms with Crippen LogP contribution in [-0.2, 0) is 12.0 Å². The van der Waals surface area contributed by atoms with Crippen molar-refractivity contribution < 1.29 is 31.6 Å². The molecule has 9 nitrogen and oxygen atoms in total. The molecule has 0 saturated heterocycles. The molecule has 45 heavy (non-hydrogen) atoms. The van der Waals surface area contributed by atoms with Gasteiger partial charge in [0.25, 0.3) is 11.8 Å². The molecule has 0 saturated carbocycles. The first-order valence-electron chi connectivity index (χ1n) is 13.5. The van der Waals surface area contributed by atoms with Crippen molar-refractivity contribution in [2.45, 2.75) is 31.5 Å². The van der Waals surface area contributed by atoms with Crippen LogP contribution in [0.5, 0.6) is 0 Å². The topological polar surface area (TPSA) is 134 Å². The molecule has 3 aromatic heterocycles. The van der Waals surface area contributed by atoms with E-state index in [9.17, 15) is 32.4 Å². The van der Waals surface area contributed by atoms with E-state index in [0.717, 1.165) is 0 Å². The van der Waals surface area contributed by atoms with Crippen molar-refractivity contribution in [3.63, 3.8) is 0 Å². The molecule has 0 fully saturated rings. The van der Waals surface area contributed by atoms with Crippen LogP contribution in [0.15, 0.2) is 77.6 Å². The van der Waals surface area contributed by atoms with Crippen molar-refractivity contribution in [3.05, 3.63) is 102 Å². The predicted molar refractivity (Wildman–Crippen MR) is 155 cm³/mol. The van der Waals surface area contributed by atoms with Gasteiger partial charge in [0.1, 0.15) is 17.9 Å². The molecule has 0 spiro atoms. The number of aryl methyl sites for hydroxylation is 1. The lowest BCUT2D eigenvalue weighted by atomic mass is 9.95. The number of furan rings is 1. The zero-order chi connectivity index (χ0) is 32.4. The number of amides is 2. The van der Waals surface area contributed by atoms with E-state index in [0.29, 0.717) is 11.1 Å². The summed E-state index contributed by atoms with van der Waals surface area (Å²) in [6, 6.07) is 16.3. The number of nitrogens with one attached hydrogen (secondary N) is 2. The lowest BCUT2D eigenvalue weighted by molar-refractivity contribution is -0.134. The molecule has 0 bridgehead atoms. The van der Waals surface area contributed by atoms with Crippen LogP contribution in [0.2, 0.25) is 0 Å². The minimum absolute atomic E-state index is 0.0168. The molecule has 0 aliphatic heterocycles. The molecule has 0 aliphatic carbocycles. The second-order valence-corrected chi connectivity index (χ2v) is 10.2. The summed E-state index contributed by atoms with van der Waals surface area (Å²) < 4.78 is 59.6. The smallest absolute Gasteiger partial charge is 0.389 e. The number of pyridine rings is 1. The summed E-state index contributed by atoms with van der Waals surface area (Å²) in [6.07, 6.45) is -3.53.